The lowest BCUT2D eigenvalue weighted by Gasteiger charge is -2.32. The van der Waals surface area contributed by atoms with Crippen molar-refractivity contribution in [2.45, 2.75) is 55.8 Å². The summed E-state index contributed by atoms with van der Waals surface area (Å²) >= 11 is 5.57. The molecule has 0 aromatic carbocycles. The van der Waals surface area contributed by atoms with E-state index in [2.05, 4.69) is 0 Å². The van der Waals surface area contributed by atoms with Crippen molar-refractivity contribution in [3.05, 3.63) is 0 Å². The molecule has 3 aliphatic heterocycles. The molecular formula is C15H23ClN2O10. The second-order valence-corrected chi connectivity index (χ2v) is 7.24. The third-order valence-corrected chi connectivity index (χ3v) is 4.75. The predicted molar refractivity (Wildman–Crippen MR) is 87.5 cm³/mol. The molecule has 1 amide bonds. The van der Waals surface area contributed by atoms with Crippen LogP contribution in [0.5, 0.6) is 0 Å². The van der Waals surface area contributed by atoms with E-state index in [4.69, 9.17) is 50.5 Å². The fraction of sp³-hybridized carbons (Fsp3) is 0.867. The largest absolute Gasteiger partial charge is 0.510 e. The number of carbonyl (C=O) groups excluding carboxylic acids is 2. The van der Waals surface area contributed by atoms with Crippen LogP contribution in [-0.2, 0) is 28.5 Å². The summed E-state index contributed by atoms with van der Waals surface area (Å²) < 4.78 is 26.5. The Morgan fingerprint density at radius 3 is 2.21 bits per heavy atom. The van der Waals surface area contributed by atoms with Crippen LogP contribution in [0.2, 0.25) is 0 Å². The minimum absolute atomic E-state index is 0.0940. The zero-order valence-corrected chi connectivity index (χ0v) is 15.9. The molecule has 5 atom stereocenters. The normalized spacial score (nSPS) is 31.5. The molecule has 28 heavy (non-hydrogen) atoms. The molecule has 3 saturated heterocycles. The van der Waals surface area contributed by atoms with Crippen molar-refractivity contribution < 1.29 is 48.5 Å². The Hall–Kier alpha value is -1.41. The highest BCUT2D eigenvalue weighted by atomic mass is 35.5. The first kappa shape index (κ1) is 21.3. The highest BCUT2D eigenvalue weighted by Gasteiger charge is 2.51. The van der Waals surface area contributed by atoms with Crippen LogP contribution in [0.4, 0.5) is 9.59 Å². The van der Waals surface area contributed by atoms with Gasteiger partial charge in [-0.1, -0.05) is 11.6 Å². The van der Waals surface area contributed by atoms with Crippen molar-refractivity contribution in [3.8, 4) is 0 Å². The van der Waals surface area contributed by atoms with Crippen molar-refractivity contribution >= 4 is 23.8 Å². The van der Waals surface area contributed by atoms with E-state index in [-0.39, 0.29) is 18.6 Å². The second-order valence-electron chi connectivity index (χ2n) is 6.63. The molecule has 0 aromatic rings. The molecule has 160 valence electrons. The molecule has 0 bridgehead atoms. The van der Waals surface area contributed by atoms with E-state index in [1.54, 1.807) is 0 Å². The maximum Gasteiger partial charge on any atom is 0.510 e. The van der Waals surface area contributed by atoms with Gasteiger partial charge in [0.25, 0.3) is 0 Å². The number of piperidine rings is 1. The average molecular weight is 427 g/mol. The van der Waals surface area contributed by atoms with Gasteiger partial charge in [-0.2, -0.15) is 0 Å². The Balaban J connectivity index is 1.44. The van der Waals surface area contributed by atoms with Crippen LogP contribution >= 0.6 is 11.6 Å². The van der Waals surface area contributed by atoms with Crippen molar-refractivity contribution in [2.75, 3.05) is 26.3 Å². The van der Waals surface area contributed by atoms with Gasteiger partial charge in [-0.3, -0.25) is 10.4 Å². The first-order valence-electron chi connectivity index (χ1n) is 8.88. The van der Waals surface area contributed by atoms with Gasteiger partial charge in [-0.15, -0.1) is 0 Å². The third kappa shape index (κ3) is 5.35. The second kappa shape index (κ2) is 9.39. The van der Waals surface area contributed by atoms with Gasteiger partial charge in [0.05, 0.1) is 24.7 Å². The molecule has 1 unspecified atom stereocenters. The Labute approximate surface area is 165 Å². The van der Waals surface area contributed by atoms with Gasteiger partial charge in [-0.25, -0.2) is 14.4 Å². The number of likely N-dealkylation sites (tertiary alicyclic amines) is 1. The molecule has 3 aliphatic rings. The number of alkyl halides is 1. The molecule has 3 heterocycles. The van der Waals surface area contributed by atoms with Gasteiger partial charge in [0.2, 0.25) is 0 Å². The summed E-state index contributed by atoms with van der Waals surface area (Å²) in [6.07, 6.45) is -3.41. The number of ether oxygens (including phenoxy) is 5. The number of carbonyl (C=O) groups is 2. The first-order chi connectivity index (χ1) is 13.3. The molecule has 0 aliphatic carbocycles. The minimum Gasteiger partial charge on any atom is -0.441 e. The smallest absolute Gasteiger partial charge is 0.441 e. The number of hydrogen-bond donors (Lipinski definition) is 2. The topological polar surface area (TPSA) is 136 Å². The lowest BCUT2D eigenvalue weighted by atomic mass is 10.1. The molecule has 0 saturated carbocycles. The summed E-state index contributed by atoms with van der Waals surface area (Å²) in [4.78, 5) is 30.2. The third-order valence-electron chi connectivity index (χ3n) is 4.66. The fourth-order valence-electron chi connectivity index (χ4n) is 3.40. The predicted octanol–water partition coefficient (Wildman–Crippen LogP) is 0.872. The SMILES string of the molecule is CC(Cl)OC(=O)O[C@@H]1CO[C@H]2[C@@H]1OC[C@H]2OC(=O)N1CCC(ON(O)O)CC1. The molecule has 12 nitrogen and oxygen atoms in total. The van der Waals surface area contributed by atoms with E-state index in [1.165, 1.54) is 11.8 Å². The van der Waals surface area contributed by atoms with Crippen LogP contribution in [0.1, 0.15) is 19.8 Å². The standard InChI is InChI=1S/C15H23ClN2O10/c1-8(16)25-15(20)27-11-7-24-12-10(6-23-13(11)12)26-14(19)17-4-2-9(3-5-17)28-18(21)22/h8-13,21-22H,2-7H2,1H3/t8?,10-,11-,12-,13-/m1/s1. The Morgan fingerprint density at radius 2 is 1.68 bits per heavy atom. The highest BCUT2D eigenvalue weighted by Crippen LogP contribution is 2.31. The van der Waals surface area contributed by atoms with Crippen molar-refractivity contribution in [2.24, 2.45) is 0 Å². The fourth-order valence-corrected chi connectivity index (χ4v) is 3.47. The quantitative estimate of drug-likeness (QED) is 0.368. The van der Waals surface area contributed by atoms with Crippen LogP contribution in [0, 0.1) is 0 Å². The summed E-state index contributed by atoms with van der Waals surface area (Å²) in [5.74, 6) is 0. The number of rotatable bonds is 5. The average Bonchev–Trinajstić information content (AvgIpc) is 3.18. The maximum absolute atomic E-state index is 12.4. The van der Waals surface area contributed by atoms with Crippen LogP contribution in [0.15, 0.2) is 0 Å². The zero-order chi connectivity index (χ0) is 20.3. The Morgan fingerprint density at radius 1 is 1.11 bits per heavy atom. The van der Waals surface area contributed by atoms with Crippen LogP contribution in [0.25, 0.3) is 0 Å². The number of nitrogens with zero attached hydrogens (tertiary/aromatic N) is 2. The van der Waals surface area contributed by atoms with Crippen LogP contribution in [0.3, 0.4) is 0 Å². The van der Waals surface area contributed by atoms with Gasteiger partial charge in [-0.05, 0) is 19.8 Å². The van der Waals surface area contributed by atoms with E-state index >= 15 is 0 Å². The molecule has 0 spiro atoms. The summed E-state index contributed by atoms with van der Waals surface area (Å²) in [6.45, 7) is 2.38. The summed E-state index contributed by atoms with van der Waals surface area (Å²) in [5, 5.41) is 17.0. The molecule has 3 rings (SSSR count). The number of fused-ring (bicyclic) bond motifs is 1. The zero-order valence-electron chi connectivity index (χ0n) is 15.1. The number of amides is 1. The maximum atomic E-state index is 12.4. The minimum atomic E-state index is -0.921. The van der Waals surface area contributed by atoms with Crippen LogP contribution in [-0.4, -0.2) is 95.3 Å². The first-order valence-corrected chi connectivity index (χ1v) is 9.32. The molecule has 3 fully saturated rings. The van der Waals surface area contributed by atoms with E-state index < -0.39 is 48.3 Å². The molecular weight excluding hydrogens is 404 g/mol. The van der Waals surface area contributed by atoms with Gasteiger partial charge in [0, 0.05) is 13.1 Å². The monoisotopic (exact) mass is 426 g/mol. The van der Waals surface area contributed by atoms with E-state index in [0.29, 0.717) is 25.9 Å². The van der Waals surface area contributed by atoms with Gasteiger partial charge < -0.3 is 28.6 Å². The van der Waals surface area contributed by atoms with E-state index in [9.17, 15) is 9.59 Å². The van der Waals surface area contributed by atoms with Crippen LogP contribution < -0.4 is 0 Å². The van der Waals surface area contributed by atoms with Gasteiger partial charge in [0.1, 0.15) is 12.2 Å². The summed E-state index contributed by atoms with van der Waals surface area (Å²) in [5.41, 5.74) is -0.823. The van der Waals surface area contributed by atoms with Crippen molar-refractivity contribution in [3.63, 3.8) is 0 Å². The highest BCUT2D eigenvalue weighted by molar-refractivity contribution is 6.19. The lowest BCUT2D eigenvalue weighted by Crippen LogP contribution is -2.45. The molecule has 0 radical (unpaired) electrons. The van der Waals surface area contributed by atoms with Crippen molar-refractivity contribution in [1.82, 2.24) is 10.3 Å². The number of halogens is 1. The molecule has 2 N–H and O–H groups in total. The van der Waals surface area contributed by atoms with Gasteiger partial charge in [0.15, 0.2) is 17.8 Å². The van der Waals surface area contributed by atoms with Gasteiger partial charge >= 0.3 is 12.2 Å². The number of hydrogen-bond acceptors (Lipinski definition) is 11. The summed E-state index contributed by atoms with van der Waals surface area (Å²) in [7, 11) is 0. The van der Waals surface area contributed by atoms with E-state index in [0.717, 1.165) is 0 Å². The Kier molecular flexibility index (Phi) is 7.15. The van der Waals surface area contributed by atoms with Crippen molar-refractivity contribution in [1.29, 1.82) is 0 Å². The molecule has 13 heteroatoms. The molecule has 0 aromatic heterocycles. The summed E-state index contributed by atoms with van der Waals surface area (Å²) in [6, 6.07) is 0. The van der Waals surface area contributed by atoms with E-state index in [1.807, 2.05) is 0 Å². The lowest BCUT2D eigenvalue weighted by molar-refractivity contribution is -0.506. The Bertz CT molecular complexity index is 557.